The summed E-state index contributed by atoms with van der Waals surface area (Å²) in [6.45, 7) is 0. The van der Waals surface area contributed by atoms with Crippen molar-refractivity contribution in [1.29, 1.82) is 0 Å². The molecule has 0 saturated heterocycles. The summed E-state index contributed by atoms with van der Waals surface area (Å²) in [5, 5.41) is 3.45. The van der Waals surface area contributed by atoms with Crippen LogP contribution in [0.3, 0.4) is 0 Å². The van der Waals surface area contributed by atoms with E-state index >= 15 is 0 Å². The molecule has 6 aromatic rings. The Balaban J connectivity index is 1.46. The van der Waals surface area contributed by atoms with Crippen molar-refractivity contribution in [2.75, 3.05) is 0 Å². The van der Waals surface area contributed by atoms with Crippen LogP contribution in [0.25, 0.3) is 52.3 Å². The van der Waals surface area contributed by atoms with Crippen molar-refractivity contribution in [2.24, 2.45) is 0 Å². The molecule has 3 heterocycles. The van der Waals surface area contributed by atoms with E-state index in [1.54, 1.807) is 17.6 Å². The number of fused-ring (bicyclic) bond motifs is 3. The largest absolute Gasteiger partial charge is 0.464 e. The number of hydrogen-bond donors (Lipinski definition) is 0. The highest BCUT2D eigenvalue weighted by atomic mass is 32.1. The zero-order chi connectivity index (χ0) is 17.8. The monoisotopic (exact) mass is 383 g/mol. The molecule has 0 aliphatic rings. The lowest BCUT2D eigenvalue weighted by molar-refractivity contribution is 0.616. The number of benzene rings is 3. The summed E-state index contributed by atoms with van der Waals surface area (Å²) in [7, 11) is 0. The molecule has 0 bridgehead atoms. The summed E-state index contributed by atoms with van der Waals surface area (Å²) in [5.74, 6) is 0. The minimum atomic E-state index is 0.909. The molecule has 0 amide bonds. The normalized spacial score (nSPS) is 11.7. The molecule has 0 radical (unpaired) electrons. The van der Waals surface area contributed by atoms with E-state index in [0.29, 0.717) is 0 Å². The predicted molar refractivity (Wildman–Crippen MR) is 116 cm³/mol. The first kappa shape index (κ1) is 15.1. The van der Waals surface area contributed by atoms with Gasteiger partial charge in [-0.25, -0.2) is 4.98 Å². The third kappa shape index (κ3) is 2.49. The zero-order valence-electron chi connectivity index (χ0n) is 14.2. The van der Waals surface area contributed by atoms with Crippen LogP contribution in [-0.4, -0.2) is 4.98 Å². The first-order valence-corrected chi connectivity index (χ1v) is 10.3. The Labute approximate surface area is 163 Å². The van der Waals surface area contributed by atoms with E-state index in [1.165, 1.54) is 25.2 Å². The molecule has 0 spiro atoms. The minimum absolute atomic E-state index is 0.909. The fourth-order valence-corrected chi connectivity index (χ4v) is 5.43. The number of aromatic nitrogens is 1. The molecule has 2 nitrogen and oxygen atoms in total. The van der Waals surface area contributed by atoms with Gasteiger partial charge in [-0.15, -0.1) is 22.7 Å². The van der Waals surface area contributed by atoms with Crippen LogP contribution >= 0.6 is 22.7 Å². The van der Waals surface area contributed by atoms with Gasteiger partial charge in [-0.3, -0.25) is 0 Å². The van der Waals surface area contributed by atoms with Gasteiger partial charge in [-0.1, -0.05) is 24.3 Å². The van der Waals surface area contributed by atoms with Gasteiger partial charge in [-0.05, 0) is 59.5 Å². The van der Waals surface area contributed by atoms with E-state index in [9.17, 15) is 0 Å². The Kier molecular flexibility index (Phi) is 3.24. The molecule has 0 fully saturated rings. The Morgan fingerprint density at radius 1 is 0.704 bits per heavy atom. The molecule has 0 N–H and O–H groups in total. The van der Waals surface area contributed by atoms with Crippen molar-refractivity contribution < 1.29 is 4.42 Å². The number of thiazole rings is 1. The van der Waals surface area contributed by atoms with Gasteiger partial charge in [-0.2, -0.15) is 0 Å². The molecule has 4 heteroatoms. The van der Waals surface area contributed by atoms with E-state index in [0.717, 1.165) is 27.1 Å². The molecule has 128 valence electrons. The van der Waals surface area contributed by atoms with Gasteiger partial charge in [0.15, 0.2) is 0 Å². The van der Waals surface area contributed by atoms with E-state index in [-0.39, 0.29) is 0 Å². The topological polar surface area (TPSA) is 26.0 Å². The minimum Gasteiger partial charge on any atom is -0.464 e. The van der Waals surface area contributed by atoms with Crippen molar-refractivity contribution in [3.05, 3.63) is 79.1 Å². The highest BCUT2D eigenvalue weighted by Crippen LogP contribution is 2.37. The molecule has 0 unspecified atom stereocenters. The van der Waals surface area contributed by atoms with Crippen LogP contribution < -0.4 is 0 Å². The second-order valence-corrected chi connectivity index (χ2v) is 8.64. The Morgan fingerprint density at radius 3 is 2.59 bits per heavy atom. The van der Waals surface area contributed by atoms with E-state index < -0.39 is 0 Å². The Morgan fingerprint density at radius 2 is 1.63 bits per heavy atom. The Hall–Kier alpha value is -2.95. The fourth-order valence-electron chi connectivity index (χ4n) is 3.43. The number of hydrogen-bond acceptors (Lipinski definition) is 4. The third-order valence-electron chi connectivity index (χ3n) is 4.80. The van der Waals surface area contributed by atoms with Crippen LogP contribution in [0.2, 0.25) is 0 Å². The first-order chi connectivity index (χ1) is 13.3. The van der Waals surface area contributed by atoms with Gasteiger partial charge >= 0.3 is 0 Å². The zero-order valence-corrected chi connectivity index (χ0v) is 15.8. The van der Waals surface area contributed by atoms with Gasteiger partial charge in [0, 0.05) is 20.5 Å². The molecular formula is C23H13NOS2. The molecule has 3 aromatic heterocycles. The summed E-state index contributed by atoms with van der Waals surface area (Å²) in [5.41, 5.74) is 4.32. The van der Waals surface area contributed by atoms with Crippen LogP contribution in [0.4, 0.5) is 0 Å². The fraction of sp³-hybridized carbons (Fsp3) is 0. The van der Waals surface area contributed by atoms with Crippen molar-refractivity contribution in [3.8, 4) is 21.0 Å². The molecule has 27 heavy (non-hydrogen) atoms. The van der Waals surface area contributed by atoms with Crippen molar-refractivity contribution >= 4 is 53.9 Å². The quantitative estimate of drug-likeness (QED) is 0.308. The highest BCUT2D eigenvalue weighted by Gasteiger charge is 2.10. The number of thiophene rings is 1. The predicted octanol–water partition coefficient (Wildman–Crippen LogP) is 7.59. The average molecular weight is 383 g/mol. The second-order valence-electron chi connectivity index (χ2n) is 6.52. The molecule has 0 saturated carbocycles. The summed E-state index contributed by atoms with van der Waals surface area (Å²) in [6, 6.07) is 25.6. The Bertz CT molecular complexity index is 1400. The van der Waals surface area contributed by atoms with Crippen LogP contribution in [0, 0.1) is 0 Å². The van der Waals surface area contributed by atoms with Crippen molar-refractivity contribution in [2.45, 2.75) is 0 Å². The standard InChI is InChI=1S/C23H13NOS2/c1-2-4-20-15(3-1)13-22(26-20)16-6-8-21-18(12-16)24-23(27-21)17-5-7-19-14(11-17)9-10-25-19/h1-13H. The van der Waals surface area contributed by atoms with Crippen molar-refractivity contribution in [3.63, 3.8) is 0 Å². The summed E-state index contributed by atoms with van der Waals surface area (Å²) in [6.07, 6.45) is 1.73. The highest BCUT2D eigenvalue weighted by molar-refractivity contribution is 7.22. The lowest BCUT2D eigenvalue weighted by Gasteiger charge is -1.96. The number of rotatable bonds is 2. The lowest BCUT2D eigenvalue weighted by atomic mass is 10.1. The van der Waals surface area contributed by atoms with Gasteiger partial charge < -0.3 is 4.42 Å². The van der Waals surface area contributed by atoms with E-state index in [1.807, 2.05) is 23.5 Å². The molecular weight excluding hydrogens is 370 g/mol. The average Bonchev–Trinajstić information content (AvgIpc) is 3.42. The summed E-state index contributed by atoms with van der Waals surface area (Å²) >= 11 is 3.56. The van der Waals surface area contributed by atoms with Gasteiger partial charge in [0.25, 0.3) is 0 Å². The van der Waals surface area contributed by atoms with E-state index in [4.69, 9.17) is 9.40 Å². The molecule has 0 aliphatic carbocycles. The smallest absolute Gasteiger partial charge is 0.133 e. The lowest BCUT2D eigenvalue weighted by Crippen LogP contribution is -1.76. The maximum absolute atomic E-state index is 5.44. The molecule has 0 atom stereocenters. The van der Waals surface area contributed by atoms with Crippen LogP contribution in [0.1, 0.15) is 0 Å². The number of nitrogens with zero attached hydrogens (tertiary/aromatic N) is 1. The van der Waals surface area contributed by atoms with Gasteiger partial charge in [0.1, 0.15) is 10.6 Å². The second kappa shape index (κ2) is 5.78. The summed E-state index contributed by atoms with van der Waals surface area (Å²) in [4.78, 5) is 6.19. The maximum atomic E-state index is 5.44. The van der Waals surface area contributed by atoms with Crippen LogP contribution in [-0.2, 0) is 0 Å². The first-order valence-electron chi connectivity index (χ1n) is 8.71. The number of furan rings is 1. The molecule has 6 rings (SSSR count). The summed E-state index contributed by atoms with van der Waals surface area (Å²) < 4.78 is 7.97. The van der Waals surface area contributed by atoms with Crippen molar-refractivity contribution in [1.82, 2.24) is 4.98 Å². The maximum Gasteiger partial charge on any atom is 0.133 e. The third-order valence-corrected chi connectivity index (χ3v) is 7.05. The van der Waals surface area contributed by atoms with Crippen LogP contribution in [0.5, 0.6) is 0 Å². The van der Waals surface area contributed by atoms with E-state index in [2.05, 4.69) is 60.7 Å². The molecule has 3 aromatic carbocycles. The van der Waals surface area contributed by atoms with Crippen LogP contribution in [0.15, 0.2) is 83.5 Å². The SMILES string of the molecule is c1ccc2sc(-c3ccc4sc(-c5ccc6occc6c5)nc4c3)cc2c1. The van der Waals surface area contributed by atoms with Gasteiger partial charge in [0.2, 0.25) is 0 Å². The van der Waals surface area contributed by atoms with Gasteiger partial charge in [0.05, 0.1) is 16.5 Å². The molecule has 0 aliphatic heterocycles.